The number of carbonyl (C=O) groups is 1. The number of nitrogens with zero attached hydrogens (tertiary/aromatic N) is 2. The molecule has 2 aromatic carbocycles. The van der Waals surface area contributed by atoms with Crippen molar-refractivity contribution in [2.24, 2.45) is 4.99 Å². The highest BCUT2D eigenvalue weighted by Gasteiger charge is 2.30. The second kappa shape index (κ2) is 8.30. The van der Waals surface area contributed by atoms with Crippen molar-refractivity contribution >= 4 is 79.8 Å². The highest BCUT2D eigenvalue weighted by Crippen LogP contribution is 2.35. The van der Waals surface area contributed by atoms with E-state index in [-0.39, 0.29) is 11.7 Å². The Morgan fingerprint density at radius 3 is 2.54 bits per heavy atom. The molecule has 1 aliphatic rings. The summed E-state index contributed by atoms with van der Waals surface area (Å²) in [4.78, 5) is 19.5. The lowest BCUT2D eigenvalue weighted by Crippen LogP contribution is -2.23. The van der Waals surface area contributed by atoms with Crippen LogP contribution in [0.4, 0.5) is 5.69 Å². The third-order valence-electron chi connectivity index (χ3n) is 3.93. The largest absolute Gasteiger partial charge is 0.506 e. The standard InChI is InChI=1S/C19H16I2N2O2S/c1-3-12-6-4-5-7-15(12)22-19-23(2)18(25)16(26-19)10-11-8-13(20)17(24)14(21)9-11/h4-10,24H,3H2,1-2H3/b16-10+,22-19?. The first-order chi connectivity index (χ1) is 12.4. The van der Waals surface area contributed by atoms with E-state index >= 15 is 0 Å². The van der Waals surface area contributed by atoms with Crippen LogP contribution < -0.4 is 0 Å². The molecule has 0 unspecified atom stereocenters. The Balaban J connectivity index is 1.95. The normalized spacial score (nSPS) is 17.5. The summed E-state index contributed by atoms with van der Waals surface area (Å²) in [5.74, 6) is 0.204. The summed E-state index contributed by atoms with van der Waals surface area (Å²) < 4.78 is 1.52. The van der Waals surface area contributed by atoms with Crippen molar-refractivity contribution < 1.29 is 9.90 Å². The lowest BCUT2D eigenvalue weighted by molar-refractivity contribution is -0.121. The highest BCUT2D eigenvalue weighted by molar-refractivity contribution is 14.1. The van der Waals surface area contributed by atoms with Gasteiger partial charge in [0, 0.05) is 7.05 Å². The van der Waals surface area contributed by atoms with Crippen LogP contribution in [0.2, 0.25) is 0 Å². The van der Waals surface area contributed by atoms with E-state index in [1.807, 2.05) is 36.4 Å². The Hall–Kier alpha value is -1.07. The molecule has 0 aromatic heterocycles. The molecule has 1 saturated heterocycles. The van der Waals surface area contributed by atoms with Crippen molar-refractivity contribution in [2.75, 3.05) is 7.05 Å². The van der Waals surface area contributed by atoms with Gasteiger partial charge in [0.25, 0.3) is 5.91 Å². The van der Waals surface area contributed by atoms with E-state index in [2.05, 4.69) is 58.2 Å². The summed E-state index contributed by atoms with van der Waals surface area (Å²) in [5, 5.41) is 10.6. The van der Waals surface area contributed by atoms with Gasteiger partial charge in [0.2, 0.25) is 0 Å². The van der Waals surface area contributed by atoms with Crippen LogP contribution in [0.5, 0.6) is 5.75 Å². The van der Waals surface area contributed by atoms with Crippen molar-refractivity contribution in [1.29, 1.82) is 0 Å². The molecule has 0 aliphatic carbocycles. The maximum atomic E-state index is 12.6. The molecule has 1 heterocycles. The number of benzene rings is 2. The van der Waals surface area contributed by atoms with Crippen molar-refractivity contribution in [1.82, 2.24) is 4.90 Å². The number of phenols is 1. The summed E-state index contributed by atoms with van der Waals surface area (Å²) in [7, 11) is 1.74. The third kappa shape index (κ3) is 4.09. The van der Waals surface area contributed by atoms with Gasteiger partial charge in [0.15, 0.2) is 5.17 Å². The van der Waals surface area contributed by atoms with Gasteiger partial charge in [-0.25, -0.2) is 4.99 Å². The van der Waals surface area contributed by atoms with Crippen LogP contribution in [0.15, 0.2) is 46.3 Å². The van der Waals surface area contributed by atoms with Crippen LogP contribution in [-0.2, 0) is 11.2 Å². The molecule has 4 nitrogen and oxygen atoms in total. The number of halogens is 2. The number of para-hydroxylation sites is 1. The number of rotatable bonds is 3. The molecule has 0 saturated carbocycles. The van der Waals surface area contributed by atoms with E-state index in [9.17, 15) is 9.90 Å². The Morgan fingerprint density at radius 2 is 1.88 bits per heavy atom. The van der Waals surface area contributed by atoms with Crippen LogP contribution >= 0.6 is 56.9 Å². The SMILES string of the molecule is CCc1ccccc1N=C1S/C(=C/c2cc(I)c(O)c(I)c2)C(=O)N1C. The minimum absolute atomic E-state index is 0.0687. The zero-order valence-electron chi connectivity index (χ0n) is 14.2. The Kier molecular flexibility index (Phi) is 6.29. The predicted molar refractivity (Wildman–Crippen MR) is 125 cm³/mol. The summed E-state index contributed by atoms with van der Waals surface area (Å²) >= 11 is 5.55. The monoisotopic (exact) mass is 590 g/mol. The van der Waals surface area contributed by atoms with E-state index < -0.39 is 0 Å². The topological polar surface area (TPSA) is 52.9 Å². The van der Waals surface area contributed by atoms with Crippen molar-refractivity contribution in [3.8, 4) is 5.75 Å². The van der Waals surface area contributed by atoms with Crippen molar-refractivity contribution in [3.63, 3.8) is 0 Å². The molecule has 0 atom stereocenters. The zero-order chi connectivity index (χ0) is 18.8. The van der Waals surface area contributed by atoms with Crippen LogP contribution in [0.1, 0.15) is 18.1 Å². The molecule has 1 fully saturated rings. The van der Waals surface area contributed by atoms with E-state index in [4.69, 9.17) is 4.99 Å². The molecule has 1 aliphatic heterocycles. The number of thioether (sulfide) groups is 1. The number of amides is 1. The zero-order valence-corrected chi connectivity index (χ0v) is 19.3. The van der Waals surface area contributed by atoms with Gasteiger partial charge in [0.1, 0.15) is 5.75 Å². The van der Waals surface area contributed by atoms with Crippen LogP contribution in [0.3, 0.4) is 0 Å². The molecule has 0 radical (unpaired) electrons. The van der Waals surface area contributed by atoms with Gasteiger partial charge in [-0.2, -0.15) is 0 Å². The number of amidine groups is 1. The summed E-state index contributed by atoms with van der Waals surface area (Å²) in [6.07, 6.45) is 2.74. The molecule has 1 N–H and O–H groups in total. The summed E-state index contributed by atoms with van der Waals surface area (Å²) in [5.41, 5.74) is 2.93. The average molecular weight is 590 g/mol. The molecule has 3 rings (SSSR count). The molecule has 7 heteroatoms. The van der Waals surface area contributed by atoms with Gasteiger partial charge in [-0.1, -0.05) is 25.1 Å². The number of hydrogen-bond acceptors (Lipinski definition) is 4. The fraction of sp³-hybridized carbons (Fsp3) is 0.158. The van der Waals surface area contributed by atoms with Gasteiger partial charge in [-0.3, -0.25) is 9.69 Å². The predicted octanol–water partition coefficient (Wildman–Crippen LogP) is 5.40. The number of likely N-dealkylation sites (N-methyl/N-ethyl adjacent to an activating group) is 1. The van der Waals surface area contributed by atoms with E-state index in [1.54, 1.807) is 11.9 Å². The maximum Gasteiger partial charge on any atom is 0.266 e. The van der Waals surface area contributed by atoms with Gasteiger partial charge >= 0.3 is 0 Å². The quantitative estimate of drug-likeness (QED) is 0.385. The lowest BCUT2D eigenvalue weighted by atomic mass is 10.1. The first-order valence-corrected chi connectivity index (χ1v) is 10.9. The summed E-state index contributed by atoms with van der Waals surface area (Å²) in [6, 6.07) is 11.7. The van der Waals surface area contributed by atoms with Gasteiger partial charge in [-0.15, -0.1) is 0 Å². The van der Waals surface area contributed by atoms with Gasteiger partial charge in [-0.05, 0) is 98.8 Å². The van der Waals surface area contributed by atoms with Gasteiger partial charge < -0.3 is 5.11 Å². The molecular weight excluding hydrogens is 574 g/mol. The summed E-state index contributed by atoms with van der Waals surface area (Å²) in [6.45, 7) is 2.09. The maximum absolute atomic E-state index is 12.6. The fourth-order valence-electron chi connectivity index (χ4n) is 2.49. The Labute approximate surface area is 184 Å². The van der Waals surface area contributed by atoms with Crippen LogP contribution in [-0.4, -0.2) is 28.1 Å². The third-order valence-corrected chi connectivity index (χ3v) is 6.63. The lowest BCUT2D eigenvalue weighted by Gasteiger charge is -2.08. The average Bonchev–Trinajstić information content (AvgIpc) is 2.88. The Bertz CT molecular complexity index is 918. The number of hydrogen-bond donors (Lipinski definition) is 1. The first-order valence-electron chi connectivity index (χ1n) is 7.93. The smallest absolute Gasteiger partial charge is 0.266 e. The molecule has 1 amide bonds. The second-order valence-corrected chi connectivity index (χ2v) is 9.02. The van der Waals surface area contributed by atoms with Crippen LogP contribution in [0, 0.1) is 7.14 Å². The number of carbonyl (C=O) groups excluding carboxylic acids is 1. The van der Waals surface area contributed by atoms with E-state index in [0.717, 1.165) is 30.4 Å². The van der Waals surface area contributed by atoms with E-state index in [0.29, 0.717) is 10.1 Å². The van der Waals surface area contributed by atoms with E-state index in [1.165, 1.54) is 11.8 Å². The molecule has 26 heavy (non-hydrogen) atoms. The molecule has 0 bridgehead atoms. The fourth-order valence-corrected chi connectivity index (χ4v) is 5.29. The minimum atomic E-state index is -0.0687. The first kappa shape index (κ1) is 19.7. The van der Waals surface area contributed by atoms with Gasteiger partial charge in [0.05, 0.1) is 17.7 Å². The van der Waals surface area contributed by atoms with Crippen molar-refractivity contribution in [2.45, 2.75) is 13.3 Å². The number of phenolic OH excluding ortho intramolecular Hbond substituents is 1. The number of aliphatic imine (C=N–C) groups is 1. The molecule has 0 spiro atoms. The minimum Gasteiger partial charge on any atom is -0.506 e. The molecule has 2 aromatic rings. The van der Waals surface area contributed by atoms with Crippen LogP contribution in [0.25, 0.3) is 6.08 Å². The number of aryl methyl sites for hydroxylation is 1. The number of aromatic hydroxyl groups is 1. The Morgan fingerprint density at radius 1 is 1.23 bits per heavy atom. The highest BCUT2D eigenvalue weighted by atomic mass is 127. The van der Waals surface area contributed by atoms with Crippen molar-refractivity contribution in [3.05, 3.63) is 59.6 Å². The molecule has 134 valence electrons. The second-order valence-electron chi connectivity index (χ2n) is 5.68. The molecular formula is C19H16I2N2O2S.